The lowest BCUT2D eigenvalue weighted by molar-refractivity contribution is -0.141. The van der Waals surface area contributed by atoms with Gasteiger partial charge < -0.3 is 20.3 Å². The number of carbonyl (C=O) groups is 4. The Morgan fingerprint density at radius 1 is 1.07 bits per heavy atom. The molecule has 4 amide bonds. The summed E-state index contributed by atoms with van der Waals surface area (Å²) in [6.07, 6.45) is 1.83. The lowest BCUT2D eigenvalue weighted by Crippen LogP contribution is -2.58. The van der Waals surface area contributed by atoms with Crippen molar-refractivity contribution >= 4 is 33.8 Å². The highest BCUT2D eigenvalue weighted by atomic mass is 32.2. The molecule has 1 aromatic carbocycles. The van der Waals surface area contributed by atoms with Gasteiger partial charge in [-0.1, -0.05) is 31.1 Å². The molecule has 1 saturated carbocycles. The van der Waals surface area contributed by atoms with Crippen LogP contribution >= 0.6 is 0 Å². The van der Waals surface area contributed by atoms with E-state index < -0.39 is 79.6 Å². The number of allylic oxidation sites excluding steroid dienone is 1. The highest BCUT2D eigenvalue weighted by Crippen LogP contribution is 2.46. The number of ether oxygens (including phenoxy) is 1. The lowest BCUT2D eigenvalue weighted by Gasteiger charge is -2.30. The van der Waals surface area contributed by atoms with Gasteiger partial charge in [0.25, 0.3) is 15.9 Å². The first-order valence-electron chi connectivity index (χ1n) is 15.0. The SMILES string of the molecule is CC(C)(C)OC(=O)NC1CCCCCC=CC2CC2(C(=O)NS(=O)(=O)c2cccc(C(F)(F)F)c2)NC(=O)C2CCCN2C1=O. The fourth-order valence-corrected chi connectivity index (χ4v) is 6.74. The van der Waals surface area contributed by atoms with Crippen LogP contribution < -0.4 is 15.4 Å². The summed E-state index contributed by atoms with van der Waals surface area (Å²) in [5.41, 5.74) is -3.68. The van der Waals surface area contributed by atoms with Crippen LogP contribution in [-0.2, 0) is 35.3 Å². The molecule has 1 saturated heterocycles. The topological polar surface area (TPSA) is 151 Å². The maximum atomic E-state index is 13.7. The number of sulfonamides is 1. The fraction of sp³-hybridized carbons (Fsp3) is 0.600. The average molecular weight is 657 g/mol. The van der Waals surface area contributed by atoms with E-state index in [9.17, 15) is 40.8 Å². The van der Waals surface area contributed by atoms with Gasteiger partial charge in [-0.25, -0.2) is 17.9 Å². The molecule has 0 spiro atoms. The Hall–Kier alpha value is -3.62. The number of benzene rings is 1. The van der Waals surface area contributed by atoms with Crippen molar-refractivity contribution in [3.63, 3.8) is 0 Å². The number of carbonyl (C=O) groups excluding carboxylic acids is 4. The molecule has 45 heavy (non-hydrogen) atoms. The van der Waals surface area contributed by atoms with Crippen molar-refractivity contribution in [1.82, 2.24) is 20.3 Å². The van der Waals surface area contributed by atoms with Crippen LogP contribution in [-0.4, -0.2) is 66.9 Å². The second-order valence-corrected chi connectivity index (χ2v) is 14.4. The molecule has 0 radical (unpaired) electrons. The van der Waals surface area contributed by atoms with E-state index in [-0.39, 0.29) is 19.4 Å². The number of nitrogens with one attached hydrogen (secondary N) is 3. The second-order valence-electron chi connectivity index (χ2n) is 12.7. The first-order chi connectivity index (χ1) is 20.9. The number of alkyl carbamates (subject to hydrolysis) is 1. The monoisotopic (exact) mass is 656 g/mol. The van der Waals surface area contributed by atoms with Crippen LogP contribution in [0, 0.1) is 5.92 Å². The number of nitrogens with zero attached hydrogens (tertiary/aromatic N) is 1. The number of fused-ring (bicyclic) bond motifs is 2. The van der Waals surface area contributed by atoms with Gasteiger partial charge >= 0.3 is 12.3 Å². The summed E-state index contributed by atoms with van der Waals surface area (Å²) in [5, 5.41) is 5.32. The zero-order valence-corrected chi connectivity index (χ0v) is 26.2. The van der Waals surface area contributed by atoms with E-state index in [0.29, 0.717) is 37.8 Å². The molecule has 3 aliphatic rings. The molecule has 11 nitrogen and oxygen atoms in total. The first kappa shape index (κ1) is 34.3. The van der Waals surface area contributed by atoms with Gasteiger partial charge in [0.05, 0.1) is 10.5 Å². The van der Waals surface area contributed by atoms with E-state index >= 15 is 0 Å². The maximum absolute atomic E-state index is 13.7. The van der Waals surface area contributed by atoms with Crippen LogP contribution in [0.15, 0.2) is 41.3 Å². The Labute approximate surface area is 260 Å². The molecule has 2 aliphatic heterocycles. The van der Waals surface area contributed by atoms with Crippen molar-refractivity contribution in [3.8, 4) is 0 Å². The van der Waals surface area contributed by atoms with Gasteiger partial charge in [0, 0.05) is 12.5 Å². The lowest BCUT2D eigenvalue weighted by atomic mass is 10.0. The number of hydrogen-bond donors (Lipinski definition) is 3. The molecule has 3 N–H and O–H groups in total. The summed E-state index contributed by atoms with van der Waals surface area (Å²) in [5.74, 6) is -2.80. The molecule has 15 heteroatoms. The minimum atomic E-state index is -4.80. The highest BCUT2D eigenvalue weighted by molar-refractivity contribution is 7.90. The molecule has 248 valence electrons. The number of hydrogen-bond acceptors (Lipinski definition) is 7. The Bertz CT molecular complexity index is 1460. The van der Waals surface area contributed by atoms with Gasteiger partial charge in [0.2, 0.25) is 11.8 Å². The molecule has 0 bridgehead atoms. The maximum Gasteiger partial charge on any atom is 0.416 e. The standard InChI is InChI=1S/C30H39F3N4O7S/c1-28(2,3)44-27(41)34-22-14-8-6-4-5-7-11-20-18-29(20,35-24(38)23-15-10-16-37(23)25(22)39)26(40)36-45(42,43)21-13-9-12-19(17-21)30(31,32)33/h7,9,11-13,17,20,22-23H,4-6,8,10,14-16,18H2,1-3H3,(H,34,41)(H,35,38)(H,36,40). The Morgan fingerprint density at radius 2 is 1.80 bits per heavy atom. The van der Waals surface area contributed by atoms with E-state index in [0.717, 1.165) is 25.0 Å². The summed E-state index contributed by atoms with van der Waals surface area (Å²) < 4.78 is 72.9. The van der Waals surface area contributed by atoms with Crippen LogP contribution in [0.2, 0.25) is 0 Å². The van der Waals surface area contributed by atoms with Crippen LogP contribution in [0.25, 0.3) is 0 Å². The molecule has 1 aromatic rings. The molecular weight excluding hydrogens is 617 g/mol. The largest absolute Gasteiger partial charge is 0.444 e. The third kappa shape index (κ3) is 8.35. The Balaban J connectivity index is 1.57. The minimum Gasteiger partial charge on any atom is -0.444 e. The van der Waals surface area contributed by atoms with E-state index in [4.69, 9.17) is 4.74 Å². The summed E-state index contributed by atoms with van der Waals surface area (Å²) in [6.45, 7) is 5.32. The van der Waals surface area contributed by atoms with Gasteiger partial charge in [0.1, 0.15) is 23.2 Å². The predicted molar refractivity (Wildman–Crippen MR) is 156 cm³/mol. The molecule has 4 rings (SSSR count). The number of alkyl halides is 3. The van der Waals surface area contributed by atoms with Gasteiger partial charge in [-0.2, -0.15) is 13.2 Å². The molecule has 0 aromatic heterocycles. The van der Waals surface area contributed by atoms with E-state index in [1.165, 1.54) is 4.90 Å². The normalized spacial score (nSPS) is 26.4. The molecular formula is C30H39F3N4O7S. The molecule has 2 heterocycles. The van der Waals surface area contributed by atoms with Crippen LogP contribution in [0.5, 0.6) is 0 Å². The molecule has 1 aliphatic carbocycles. The number of amides is 4. The fourth-order valence-electron chi connectivity index (χ4n) is 5.65. The smallest absolute Gasteiger partial charge is 0.416 e. The third-order valence-corrected chi connectivity index (χ3v) is 9.35. The van der Waals surface area contributed by atoms with Crippen molar-refractivity contribution in [2.75, 3.05) is 6.54 Å². The van der Waals surface area contributed by atoms with Crippen LogP contribution in [0.1, 0.15) is 77.7 Å². The van der Waals surface area contributed by atoms with Crippen molar-refractivity contribution < 1.29 is 45.5 Å². The predicted octanol–water partition coefficient (Wildman–Crippen LogP) is 3.79. The number of halogens is 3. The van der Waals surface area contributed by atoms with Gasteiger partial charge in [-0.05, 0) is 77.5 Å². The van der Waals surface area contributed by atoms with Crippen LogP contribution in [0.4, 0.5) is 18.0 Å². The van der Waals surface area contributed by atoms with E-state index in [1.807, 2.05) is 10.8 Å². The Morgan fingerprint density at radius 3 is 2.49 bits per heavy atom. The third-order valence-electron chi connectivity index (χ3n) is 8.02. The van der Waals surface area contributed by atoms with Crippen molar-refractivity contribution in [2.24, 2.45) is 5.92 Å². The molecule has 4 unspecified atom stereocenters. The summed E-state index contributed by atoms with van der Waals surface area (Å²) in [6, 6.07) is 1.06. The zero-order chi connectivity index (χ0) is 33.2. The molecule has 4 atom stereocenters. The second kappa shape index (κ2) is 13.0. The molecule has 2 fully saturated rings. The summed E-state index contributed by atoms with van der Waals surface area (Å²) in [7, 11) is -4.74. The van der Waals surface area contributed by atoms with E-state index in [1.54, 1.807) is 26.8 Å². The zero-order valence-electron chi connectivity index (χ0n) is 25.4. The average Bonchev–Trinajstić information content (AvgIpc) is 3.39. The minimum absolute atomic E-state index is 0.0582. The highest BCUT2D eigenvalue weighted by Gasteiger charge is 2.61. The summed E-state index contributed by atoms with van der Waals surface area (Å²) in [4.78, 5) is 54.0. The number of rotatable bonds is 4. The van der Waals surface area contributed by atoms with Crippen molar-refractivity contribution in [1.29, 1.82) is 0 Å². The van der Waals surface area contributed by atoms with Gasteiger partial charge in [-0.15, -0.1) is 0 Å². The van der Waals surface area contributed by atoms with Gasteiger partial charge in [0.15, 0.2) is 0 Å². The van der Waals surface area contributed by atoms with Crippen LogP contribution in [0.3, 0.4) is 0 Å². The summed E-state index contributed by atoms with van der Waals surface area (Å²) >= 11 is 0. The first-order valence-corrected chi connectivity index (χ1v) is 16.4. The quantitative estimate of drug-likeness (QED) is 0.418. The van der Waals surface area contributed by atoms with Crippen molar-refractivity contribution in [3.05, 3.63) is 42.0 Å². The van der Waals surface area contributed by atoms with Gasteiger partial charge in [-0.3, -0.25) is 14.4 Å². The Kier molecular flexibility index (Phi) is 9.90. The van der Waals surface area contributed by atoms with E-state index in [2.05, 4.69) is 10.6 Å². The van der Waals surface area contributed by atoms with Crippen molar-refractivity contribution in [2.45, 2.75) is 106 Å².